The predicted molar refractivity (Wildman–Crippen MR) is 121 cm³/mol. The molecule has 1 N–H and O–H groups in total. The second-order valence-electron chi connectivity index (χ2n) is 7.66. The van der Waals surface area contributed by atoms with Crippen molar-refractivity contribution in [2.45, 2.75) is 31.8 Å². The number of nitrogens with zero attached hydrogens (tertiary/aromatic N) is 2. The fraction of sp³-hybridized carbons (Fsp3) is 0.167. The van der Waals surface area contributed by atoms with Crippen molar-refractivity contribution in [1.29, 1.82) is 0 Å². The lowest BCUT2D eigenvalue weighted by atomic mass is 10.1. The fourth-order valence-corrected chi connectivity index (χ4v) is 4.85. The van der Waals surface area contributed by atoms with E-state index in [1.165, 1.54) is 4.31 Å². The van der Waals surface area contributed by atoms with E-state index in [1.807, 2.05) is 38.1 Å². The number of nitrogens with one attached hydrogen (secondary N) is 1. The van der Waals surface area contributed by atoms with Crippen LogP contribution in [0.2, 0.25) is 0 Å². The maximum Gasteiger partial charge on any atom is 0.252 e. The van der Waals surface area contributed by atoms with Crippen LogP contribution in [0.3, 0.4) is 0 Å². The molecular formula is C24H23N3O3S. The van der Waals surface area contributed by atoms with Crippen molar-refractivity contribution < 1.29 is 8.42 Å². The Hall–Kier alpha value is -3.29. The Kier molecular flexibility index (Phi) is 5.71. The predicted octanol–water partition coefficient (Wildman–Crippen LogP) is 3.93. The Morgan fingerprint density at radius 2 is 1.68 bits per heavy atom. The standard InChI is InChI=1S/C24H23N3O3S/c1-17-6-9-22(10-7-17)31(29,30)27(15-19-4-3-11-25-14-19)16-21-13-20-8-5-18(2)12-23(20)26-24(21)28/h3-14H,15-16H2,1-2H3,(H,26,28). The molecule has 2 aromatic carbocycles. The summed E-state index contributed by atoms with van der Waals surface area (Å²) in [5.41, 5.74) is 3.57. The molecule has 158 valence electrons. The Labute approximate surface area is 181 Å². The zero-order valence-corrected chi connectivity index (χ0v) is 18.2. The number of fused-ring (bicyclic) bond motifs is 1. The third-order valence-corrected chi connectivity index (χ3v) is 6.97. The normalized spacial score (nSPS) is 11.8. The summed E-state index contributed by atoms with van der Waals surface area (Å²) in [4.78, 5) is 19.9. The number of hydrogen-bond acceptors (Lipinski definition) is 4. The highest BCUT2D eigenvalue weighted by molar-refractivity contribution is 7.89. The van der Waals surface area contributed by atoms with Crippen LogP contribution in [0.25, 0.3) is 10.9 Å². The second kappa shape index (κ2) is 8.45. The Morgan fingerprint density at radius 1 is 0.935 bits per heavy atom. The topological polar surface area (TPSA) is 83.1 Å². The minimum atomic E-state index is -3.84. The molecular weight excluding hydrogens is 410 g/mol. The smallest absolute Gasteiger partial charge is 0.252 e. The molecule has 6 nitrogen and oxygen atoms in total. The van der Waals surface area contributed by atoms with Gasteiger partial charge in [-0.15, -0.1) is 0 Å². The van der Waals surface area contributed by atoms with E-state index in [1.54, 1.807) is 48.8 Å². The molecule has 0 aliphatic rings. The van der Waals surface area contributed by atoms with Gasteiger partial charge < -0.3 is 4.98 Å². The van der Waals surface area contributed by atoms with Crippen molar-refractivity contribution in [2.24, 2.45) is 0 Å². The lowest BCUT2D eigenvalue weighted by Crippen LogP contribution is -2.32. The number of aryl methyl sites for hydroxylation is 2. The lowest BCUT2D eigenvalue weighted by Gasteiger charge is -2.22. The Bertz CT molecular complexity index is 1380. The molecule has 2 aromatic heterocycles. The first-order valence-corrected chi connectivity index (χ1v) is 11.4. The minimum Gasteiger partial charge on any atom is -0.322 e. The Morgan fingerprint density at radius 3 is 2.39 bits per heavy atom. The van der Waals surface area contributed by atoms with Gasteiger partial charge in [-0.1, -0.05) is 35.9 Å². The van der Waals surface area contributed by atoms with E-state index in [0.29, 0.717) is 5.56 Å². The summed E-state index contributed by atoms with van der Waals surface area (Å²) in [5, 5.41) is 0.856. The Balaban J connectivity index is 1.77. The van der Waals surface area contributed by atoms with E-state index in [-0.39, 0.29) is 23.5 Å². The van der Waals surface area contributed by atoms with Crippen LogP contribution >= 0.6 is 0 Å². The first kappa shape index (κ1) is 21.0. The van der Waals surface area contributed by atoms with E-state index < -0.39 is 10.0 Å². The molecule has 0 unspecified atom stereocenters. The summed E-state index contributed by atoms with van der Waals surface area (Å²) in [6, 6.07) is 17.8. The lowest BCUT2D eigenvalue weighted by molar-refractivity contribution is 0.399. The zero-order valence-electron chi connectivity index (χ0n) is 17.4. The van der Waals surface area contributed by atoms with E-state index in [4.69, 9.17) is 0 Å². The summed E-state index contributed by atoms with van der Waals surface area (Å²) < 4.78 is 28.2. The van der Waals surface area contributed by atoms with Gasteiger partial charge in [-0.25, -0.2) is 8.42 Å². The van der Waals surface area contributed by atoms with Gasteiger partial charge in [0.05, 0.1) is 4.90 Å². The summed E-state index contributed by atoms with van der Waals surface area (Å²) in [6.07, 6.45) is 3.27. The van der Waals surface area contributed by atoms with Gasteiger partial charge in [-0.05, 0) is 60.7 Å². The largest absolute Gasteiger partial charge is 0.322 e. The van der Waals surface area contributed by atoms with Gasteiger partial charge in [-0.2, -0.15) is 4.31 Å². The van der Waals surface area contributed by atoms with E-state index >= 15 is 0 Å². The molecule has 31 heavy (non-hydrogen) atoms. The third kappa shape index (κ3) is 4.57. The number of sulfonamides is 1. The first-order valence-electron chi connectivity index (χ1n) is 9.91. The van der Waals surface area contributed by atoms with Crippen LogP contribution in [0.1, 0.15) is 22.3 Å². The van der Waals surface area contributed by atoms with Gasteiger partial charge in [0, 0.05) is 36.6 Å². The zero-order chi connectivity index (χ0) is 22.0. The molecule has 0 aliphatic carbocycles. The molecule has 0 amide bonds. The maximum absolute atomic E-state index is 13.5. The van der Waals surface area contributed by atoms with Crippen molar-refractivity contribution in [3.8, 4) is 0 Å². The molecule has 0 spiro atoms. The monoisotopic (exact) mass is 433 g/mol. The van der Waals surface area contributed by atoms with E-state index in [2.05, 4.69) is 9.97 Å². The molecule has 0 radical (unpaired) electrons. The number of aromatic amines is 1. The van der Waals surface area contributed by atoms with Crippen molar-refractivity contribution >= 4 is 20.9 Å². The highest BCUT2D eigenvalue weighted by Crippen LogP contribution is 2.22. The van der Waals surface area contributed by atoms with Crippen molar-refractivity contribution in [1.82, 2.24) is 14.3 Å². The van der Waals surface area contributed by atoms with Crippen LogP contribution in [-0.2, 0) is 23.1 Å². The molecule has 0 saturated carbocycles. The van der Waals surface area contributed by atoms with Gasteiger partial charge >= 0.3 is 0 Å². The van der Waals surface area contributed by atoms with Crippen LogP contribution in [0.15, 0.2) is 82.7 Å². The number of rotatable bonds is 6. The average Bonchev–Trinajstić information content (AvgIpc) is 2.75. The molecule has 4 aromatic rings. The van der Waals surface area contributed by atoms with Crippen LogP contribution in [0, 0.1) is 13.8 Å². The molecule has 2 heterocycles. The van der Waals surface area contributed by atoms with Gasteiger partial charge in [0.15, 0.2) is 0 Å². The van der Waals surface area contributed by atoms with Gasteiger partial charge in [-0.3, -0.25) is 9.78 Å². The highest BCUT2D eigenvalue weighted by atomic mass is 32.2. The SMILES string of the molecule is Cc1ccc(S(=O)(=O)N(Cc2cccnc2)Cc2cc3ccc(C)cc3[nH]c2=O)cc1. The second-order valence-corrected chi connectivity index (χ2v) is 9.60. The quantitative estimate of drug-likeness (QED) is 0.499. The number of pyridine rings is 2. The van der Waals surface area contributed by atoms with Crippen LogP contribution in [0.4, 0.5) is 0 Å². The van der Waals surface area contributed by atoms with Crippen molar-refractivity contribution in [2.75, 3.05) is 0 Å². The molecule has 4 rings (SSSR count). The summed E-state index contributed by atoms with van der Waals surface area (Å²) in [7, 11) is -3.84. The van der Waals surface area contributed by atoms with Gasteiger partial charge in [0.25, 0.3) is 5.56 Å². The van der Waals surface area contributed by atoms with E-state index in [0.717, 1.165) is 27.6 Å². The highest BCUT2D eigenvalue weighted by Gasteiger charge is 2.26. The molecule has 0 atom stereocenters. The van der Waals surface area contributed by atoms with E-state index in [9.17, 15) is 13.2 Å². The van der Waals surface area contributed by atoms with Crippen molar-refractivity contribution in [3.05, 3.63) is 106 Å². The molecule has 0 aliphatic heterocycles. The summed E-state index contributed by atoms with van der Waals surface area (Å²) in [6.45, 7) is 3.91. The van der Waals surface area contributed by atoms with Crippen LogP contribution < -0.4 is 5.56 Å². The van der Waals surface area contributed by atoms with Crippen LogP contribution in [-0.4, -0.2) is 22.7 Å². The molecule has 0 fully saturated rings. The number of benzene rings is 2. The number of H-pyrrole nitrogens is 1. The molecule has 7 heteroatoms. The summed E-state index contributed by atoms with van der Waals surface area (Å²) in [5.74, 6) is 0. The maximum atomic E-state index is 13.5. The number of hydrogen-bond donors (Lipinski definition) is 1. The molecule has 0 saturated heterocycles. The van der Waals surface area contributed by atoms with Gasteiger partial charge in [0.1, 0.15) is 0 Å². The van der Waals surface area contributed by atoms with Crippen LogP contribution in [0.5, 0.6) is 0 Å². The summed E-state index contributed by atoms with van der Waals surface area (Å²) >= 11 is 0. The average molecular weight is 434 g/mol. The fourth-order valence-electron chi connectivity index (χ4n) is 3.45. The van der Waals surface area contributed by atoms with Gasteiger partial charge in [0.2, 0.25) is 10.0 Å². The number of aromatic nitrogens is 2. The third-order valence-electron chi connectivity index (χ3n) is 5.17. The first-order chi connectivity index (χ1) is 14.8. The molecule has 0 bridgehead atoms. The van der Waals surface area contributed by atoms with Crippen molar-refractivity contribution in [3.63, 3.8) is 0 Å². The minimum absolute atomic E-state index is 0.0513.